The van der Waals surface area contributed by atoms with Crippen LogP contribution in [0.4, 0.5) is 0 Å². The highest BCUT2D eigenvalue weighted by molar-refractivity contribution is 6.30. The number of ether oxygens (including phenoxy) is 3. The van der Waals surface area contributed by atoms with Crippen LogP contribution in [-0.2, 0) is 14.3 Å². The lowest BCUT2D eigenvalue weighted by molar-refractivity contribution is -0.144. The second-order valence-corrected chi connectivity index (χ2v) is 6.37. The summed E-state index contributed by atoms with van der Waals surface area (Å²) in [5, 5.41) is 3.34. The molecule has 0 fully saturated rings. The van der Waals surface area contributed by atoms with Crippen LogP contribution in [0.3, 0.4) is 0 Å². The smallest absolute Gasteiger partial charge is 0.331 e. The molecule has 0 saturated carbocycles. The van der Waals surface area contributed by atoms with E-state index < -0.39 is 11.9 Å². The molecule has 0 heterocycles. The number of esters is 1. The fourth-order valence-electron chi connectivity index (χ4n) is 2.42. The molecule has 0 aliphatic rings. The Labute approximate surface area is 169 Å². The molecule has 7 heteroatoms. The molecule has 0 spiro atoms. The summed E-state index contributed by atoms with van der Waals surface area (Å²) in [5.41, 5.74) is 1.56. The van der Waals surface area contributed by atoms with Gasteiger partial charge in [0.25, 0.3) is 5.91 Å². The zero-order valence-corrected chi connectivity index (χ0v) is 16.7. The van der Waals surface area contributed by atoms with Crippen LogP contribution >= 0.6 is 11.6 Å². The number of carbonyl (C=O) groups is 2. The first-order chi connectivity index (χ1) is 13.4. The van der Waals surface area contributed by atoms with Crippen molar-refractivity contribution in [1.82, 2.24) is 5.32 Å². The van der Waals surface area contributed by atoms with E-state index in [1.807, 2.05) is 13.0 Å². The predicted molar refractivity (Wildman–Crippen MR) is 108 cm³/mol. The lowest BCUT2D eigenvalue weighted by Crippen LogP contribution is -2.30. The SMILES string of the molecule is COc1cc(/C=C/C(=O)OCC(=O)N[C@H](C)c2cccc(Cl)c2)cc(OC)c1. The highest BCUT2D eigenvalue weighted by atomic mass is 35.5. The maximum atomic E-state index is 12.0. The number of amides is 1. The molecule has 0 bridgehead atoms. The number of benzene rings is 2. The van der Waals surface area contributed by atoms with Crippen LogP contribution in [-0.4, -0.2) is 32.7 Å². The summed E-state index contributed by atoms with van der Waals surface area (Å²) in [7, 11) is 3.08. The van der Waals surface area contributed by atoms with Gasteiger partial charge in [0.2, 0.25) is 0 Å². The van der Waals surface area contributed by atoms with Crippen LogP contribution < -0.4 is 14.8 Å². The summed E-state index contributed by atoms with van der Waals surface area (Å²) in [5.74, 6) is 0.160. The third-order valence-electron chi connectivity index (χ3n) is 3.86. The number of methoxy groups -OCH3 is 2. The zero-order valence-electron chi connectivity index (χ0n) is 15.9. The van der Waals surface area contributed by atoms with Crippen LogP contribution in [0.25, 0.3) is 6.08 Å². The van der Waals surface area contributed by atoms with Crippen molar-refractivity contribution in [3.05, 3.63) is 64.7 Å². The second kappa shape index (κ2) is 10.4. The van der Waals surface area contributed by atoms with Gasteiger partial charge in [-0.2, -0.15) is 0 Å². The van der Waals surface area contributed by atoms with Gasteiger partial charge >= 0.3 is 5.97 Å². The van der Waals surface area contributed by atoms with Crippen molar-refractivity contribution in [3.63, 3.8) is 0 Å². The molecule has 1 atom stereocenters. The molecule has 6 nitrogen and oxygen atoms in total. The Morgan fingerprint density at radius 1 is 1.11 bits per heavy atom. The highest BCUT2D eigenvalue weighted by Crippen LogP contribution is 2.23. The zero-order chi connectivity index (χ0) is 20.5. The van der Waals surface area contributed by atoms with E-state index in [1.54, 1.807) is 56.7 Å². The first kappa shape index (κ1) is 21.3. The van der Waals surface area contributed by atoms with Gasteiger partial charge in [-0.05, 0) is 48.4 Å². The van der Waals surface area contributed by atoms with Gasteiger partial charge in [-0.25, -0.2) is 4.79 Å². The van der Waals surface area contributed by atoms with Gasteiger partial charge in [-0.1, -0.05) is 23.7 Å². The van der Waals surface area contributed by atoms with Crippen molar-refractivity contribution in [2.24, 2.45) is 0 Å². The van der Waals surface area contributed by atoms with Gasteiger partial charge in [-0.15, -0.1) is 0 Å². The van der Waals surface area contributed by atoms with Crippen molar-refractivity contribution in [2.45, 2.75) is 13.0 Å². The standard InChI is InChI=1S/C21H22ClNO5/c1-14(16-5-4-6-17(22)11-16)23-20(24)13-28-21(25)8-7-15-9-18(26-2)12-19(10-15)27-3/h4-12,14H,13H2,1-3H3,(H,23,24)/b8-7+/t14-/m1/s1. The van der Waals surface area contributed by atoms with Gasteiger partial charge < -0.3 is 19.5 Å². The van der Waals surface area contributed by atoms with E-state index in [-0.39, 0.29) is 12.6 Å². The van der Waals surface area contributed by atoms with E-state index in [9.17, 15) is 9.59 Å². The average molecular weight is 404 g/mol. The van der Waals surface area contributed by atoms with Gasteiger partial charge in [0.05, 0.1) is 20.3 Å². The Kier molecular flexibility index (Phi) is 7.89. The molecule has 28 heavy (non-hydrogen) atoms. The summed E-state index contributed by atoms with van der Waals surface area (Å²) in [6, 6.07) is 12.1. The highest BCUT2D eigenvalue weighted by Gasteiger charge is 2.11. The van der Waals surface area contributed by atoms with Crippen molar-refractivity contribution < 1.29 is 23.8 Å². The molecule has 2 aromatic rings. The maximum Gasteiger partial charge on any atom is 0.331 e. The number of hydrogen-bond acceptors (Lipinski definition) is 5. The van der Waals surface area contributed by atoms with Gasteiger partial charge in [0.1, 0.15) is 11.5 Å². The van der Waals surface area contributed by atoms with Crippen molar-refractivity contribution in [3.8, 4) is 11.5 Å². The van der Waals surface area contributed by atoms with E-state index >= 15 is 0 Å². The minimum Gasteiger partial charge on any atom is -0.497 e. The molecular weight excluding hydrogens is 382 g/mol. The number of rotatable bonds is 8. The third kappa shape index (κ3) is 6.63. The summed E-state index contributed by atoms with van der Waals surface area (Å²) in [6.45, 7) is 1.44. The lowest BCUT2D eigenvalue weighted by atomic mass is 10.1. The van der Waals surface area contributed by atoms with Gasteiger partial charge in [0, 0.05) is 17.2 Å². The molecular formula is C21H22ClNO5. The minimum absolute atomic E-state index is 0.260. The monoisotopic (exact) mass is 403 g/mol. The Balaban J connectivity index is 1.86. The molecule has 0 aliphatic heterocycles. The molecule has 0 aromatic heterocycles. The molecule has 2 rings (SSSR count). The van der Waals surface area contributed by atoms with E-state index in [2.05, 4.69) is 5.32 Å². The maximum absolute atomic E-state index is 12.0. The van der Waals surface area contributed by atoms with Crippen molar-refractivity contribution in [2.75, 3.05) is 20.8 Å². The Morgan fingerprint density at radius 3 is 2.39 bits per heavy atom. The normalized spacial score (nSPS) is 11.7. The van der Waals surface area contributed by atoms with E-state index in [0.29, 0.717) is 22.1 Å². The average Bonchev–Trinajstić information content (AvgIpc) is 2.70. The van der Waals surface area contributed by atoms with Crippen LogP contribution in [0, 0.1) is 0 Å². The fourth-order valence-corrected chi connectivity index (χ4v) is 2.62. The van der Waals surface area contributed by atoms with E-state index in [4.69, 9.17) is 25.8 Å². The van der Waals surface area contributed by atoms with Gasteiger partial charge in [0.15, 0.2) is 6.61 Å². The van der Waals surface area contributed by atoms with E-state index in [1.165, 1.54) is 6.08 Å². The molecule has 2 aromatic carbocycles. The summed E-state index contributed by atoms with van der Waals surface area (Å²) < 4.78 is 15.3. The molecule has 0 unspecified atom stereocenters. The molecule has 0 aliphatic carbocycles. The largest absolute Gasteiger partial charge is 0.497 e. The summed E-state index contributed by atoms with van der Waals surface area (Å²) in [6.07, 6.45) is 2.79. The second-order valence-electron chi connectivity index (χ2n) is 5.93. The van der Waals surface area contributed by atoms with E-state index in [0.717, 1.165) is 5.56 Å². The Morgan fingerprint density at radius 2 is 1.79 bits per heavy atom. The fraction of sp³-hybridized carbons (Fsp3) is 0.238. The summed E-state index contributed by atoms with van der Waals surface area (Å²) in [4.78, 5) is 23.8. The predicted octanol–water partition coefficient (Wildman–Crippen LogP) is 3.79. The first-order valence-electron chi connectivity index (χ1n) is 8.54. The molecule has 0 saturated heterocycles. The van der Waals surface area contributed by atoms with Crippen LogP contribution in [0.15, 0.2) is 48.5 Å². The topological polar surface area (TPSA) is 73.9 Å². The van der Waals surface area contributed by atoms with Crippen molar-refractivity contribution in [1.29, 1.82) is 0 Å². The van der Waals surface area contributed by atoms with Crippen LogP contribution in [0.2, 0.25) is 5.02 Å². The van der Waals surface area contributed by atoms with Crippen LogP contribution in [0.5, 0.6) is 11.5 Å². The van der Waals surface area contributed by atoms with Crippen molar-refractivity contribution >= 4 is 29.6 Å². The third-order valence-corrected chi connectivity index (χ3v) is 4.09. The molecule has 1 N–H and O–H groups in total. The van der Waals surface area contributed by atoms with Crippen LogP contribution in [0.1, 0.15) is 24.1 Å². The number of carbonyl (C=O) groups excluding carboxylic acids is 2. The Hall–Kier alpha value is -2.99. The number of nitrogens with one attached hydrogen (secondary N) is 1. The molecule has 1 amide bonds. The Bertz CT molecular complexity index is 843. The minimum atomic E-state index is -0.632. The number of halogens is 1. The molecule has 148 valence electrons. The summed E-state index contributed by atoms with van der Waals surface area (Å²) >= 11 is 5.95. The number of hydrogen-bond donors (Lipinski definition) is 1. The quantitative estimate of drug-likeness (QED) is 0.536. The lowest BCUT2D eigenvalue weighted by Gasteiger charge is -2.14. The van der Waals surface area contributed by atoms with Gasteiger partial charge in [-0.3, -0.25) is 4.79 Å². The molecule has 0 radical (unpaired) electrons. The first-order valence-corrected chi connectivity index (χ1v) is 8.92.